The second-order valence-electron chi connectivity index (χ2n) is 6.03. The van der Waals surface area contributed by atoms with Crippen molar-refractivity contribution in [2.75, 3.05) is 12.3 Å². The van der Waals surface area contributed by atoms with Gasteiger partial charge in [0.15, 0.2) is 0 Å². The van der Waals surface area contributed by atoms with E-state index in [0.717, 1.165) is 16.0 Å². The number of rotatable bonds is 6. The van der Waals surface area contributed by atoms with Crippen molar-refractivity contribution in [2.24, 2.45) is 0 Å². The molecule has 0 aliphatic heterocycles. The minimum Gasteiger partial charge on any atom is -0.458 e. The third-order valence-electron chi connectivity index (χ3n) is 3.98. The first kappa shape index (κ1) is 17.6. The molecule has 0 spiro atoms. The van der Waals surface area contributed by atoms with E-state index in [1.54, 1.807) is 24.8 Å². The molecule has 2 aromatic carbocycles. The van der Waals surface area contributed by atoms with Crippen molar-refractivity contribution in [2.45, 2.75) is 24.3 Å². The molecule has 0 saturated carbocycles. The third-order valence-corrected chi connectivity index (χ3v) is 4.94. The Balaban J connectivity index is 1.74. The number of carbonyl (C=O) groups is 1. The zero-order valence-corrected chi connectivity index (χ0v) is 15.1. The maximum absolute atomic E-state index is 12.5. The maximum Gasteiger partial charge on any atom is 0.252 e. The molecule has 1 amide bonds. The quantitative estimate of drug-likeness (QED) is 0.651. The van der Waals surface area contributed by atoms with Gasteiger partial charge in [0.05, 0.1) is 12.1 Å². The molecule has 0 bridgehead atoms. The van der Waals surface area contributed by atoms with Gasteiger partial charge in [-0.05, 0) is 36.9 Å². The summed E-state index contributed by atoms with van der Waals surface area (Å²) in [7, 11) is 0. The van der Waals surface area contributed by atoms with Crippen LogP contribution in [0, 0.1) is 0 Å². The molecule has 3 rings (SSSR count). The zero-order valence-electron chi connectivity index (χ0n) is 14.3. The van der Waals surface area contributed by atoms with Gasteiger partial charge in [-0.15, -0.1) is 11.8 Å². The van der Waals surface area contributed by atoms with Crippen LogP contribution in [0.5, 0.6) is 0 Å². The topological polar surface area (TPSA) is 62.5 Å². The first-order valence-electron chi connectivity index (χ1n) is 8.23. The van der Waals surface area contributed by atoms with Crippen LogP contribution in [0.3, 0.4) is 0 Å². The highest BCUT2D eigenvalue weighted by atomic mass is 32.2. The number of furan rings is 1. The normalized spacial score (nSPS) is 13.6. The van der Waals surface area contributed by atoms with Gasteiger partial charge >= 0.3 is 0 Å². The van der Waals surface area contributed by atoms with Crippen molar-refractivity contribution in [3.8, 4) is 0 Å². The minimum atomic E-state index is -1.29. The number of carbonyl (C=O) groups excluding carboxylic acids is 1. The zero-order chi connectivity index (χ0) is 17.9. The van der Waals surface area contributed by atoms with Crippen LogP contribution in [-0.4, -0.2) is 23.3 Å². The predicted octanol–water partition coefficient (Wildman–Crippen LogP) is 4.18. The van der Waals surface area contributed by atoms with Gasteiger partial charge in [0, 0.05) is 10.3 Å². The van der Waals surface area contributed by atoms with Crippen LogP contribution >= 0.6 is 11.8 Å². The molecule has 4 nitrogen and oxygen atoms in total. The van der Waals surface area contributed by atoms with Gasteiger partial charge in [-0.25, -0.2) is 0 Å². The minimum absolute atomic E-state index is 0.0663. The number of para-hydroxylation sites is 1. The Morgan fingerprint density at radius 1 is 1.20 bits per heavy atom. The van der Waals surface area contributed by atoms with Gasteiger partial charge in [0.25, 0.3) is 5.91 Å². The molecular weight excluding hydrogens is 334 g/mol. The Morgan fingerprint density at radius 2 is 1.92 bits per heavy atom. The monoisotopic (exact) mass is 355 g/mol. The number of benzene rings is 2. The number of amides is 1. The summed E-state index contributed by atoms with van der Waals surface area (Å²) in [5.74, 6) is 1.12. The number of thioether (sulfide) groups is 1. The van der Waals surface area contributed by atoms with Gasteiger partial charge in [-0.2, -0.15) is 0 Å². The molecule has 0 radical (unpaired) electrons. The molecule has 3 aromatic rings. The van der Waals surface area contributed by atoms with E-state index in [-0.39, 0.29) is 12.5 Å². The lowest BCUT2D eigenvalue weighted by Crippen LogP contribution is -2.38. The van der Waals surface area contributed by atoms with Crippen molar-refractivity contribution < 1.29 is 14.3 Å². The maximum atomic E-state index is 12.5. The Bertz CT molecular complexity index is 852. The van der Waals surface area contributed by atoms with E-state index < -0.39 is 5.60 Å². The average molecular weight is 355 g/mol. The fraction of sp³-hybridized carbons (Fsp3) is 0.250. The molecular formula is C20H21NO3S. The largest absolute Gasteiger partial charge is 0.458 e. The van der Waals surface area contributed by atoms with Crippen LogP contribution in [0.1, 0.15) is 30.0 Å². The SMILES string of the molecule is CCSc1ccccc1C(=O)NCC(C)(O)c1cc2ccccc2o1. The molecule has 0 aliphatic rings. The van der Waals surface area contributed by atoms with Gasteiger partial charge < -0.3 is 14.8 Å². The number of fused-ring (bicyclic) bond motifs is 1. The van der Waals surface area contributed by atoms with E-state index in [1.165, 1.54) is 0 Å². The molecule has 0 fully saturated rings. The Labute approximate surface area is 151 Å². The highest BCUT2D eigenvalue weighted by Crippen LogP contribution is 2.28. The van der Waals surface area contributed by atoms with Crippen molar-refractivity contribution in [1.82, 2.24) is 5.32 Å². The van der Waals surface area contributed by atoms with Crippen molar-refractivity contribution in [3.05, 3.63) is 65.9 Å². The first-order valence-corrected chi connectivity index (χ1v) is 9.21. The molecule has 130 valence electrons. The summed E-state index contributed by atoms with van der Waals surface area (Å²) in [5.41, 5.74) is 0.0465. The number of hydrogen-bond donors (Lipinski definition) is 2. The fourth-order valence-corrected chi connectivity index (χ4v) is 3.42. The molecule has 0 aliphatic carbocycles. The van der Waals surface area contributed by atoms with Gasteiger partial charge in [0.2, 0.25) is 0 Å². The van der Waals surface area contributed by atoms with Crippen molar-refractivity contribution >= 4 is 28.6 Å². The molecule has 25 heavy (non-hydrogen) atoms. The average Bonchev–Trinajstić information content (AvgIpc) is 3.06. The Morgan fingerprint density at radius 3 is 2.68 bits per heavy atom. The van der Waals surface area contributed by atoms with Gasteiger partial charge in [0.1, 0.15) is 16.9 Å². The van der Waals surface area contributed by atoms with E-state index in [4.69, 9.17) is 4.42 Å². The Kier molecular flexibility index (Phi) is 5.16. The van der Waals surface area contributed by atoms with Crippen molar-refractivity contribution in [1.29, 1.82) is 0 Å². The van der Waals surface area contributed by atoms with Crippen LogP contribution in [0.2, 0.25) is 0 Å². The standard InChI is InChI=1S/C20H21NO3S/c1-3-25-17-11-7-5-9-15(17)19(22)21-13-20(2,23)18-12-14-8-4-6-10-16(14)24-18/h4-12,23H,3,13H2,1-2H3,(H,21,22). The molecule has 1 aromatic heterocycles. The van der Waals surface area contributed by atoms with Crippen LogP contribution in [0.15, 0.2) is 63.9 Å². The van der Waals surface area contributed by atoms with Crippen molar-refractivity contribution in [3.63, 3.8) is 0 Å². The summed E-state index contributed by atoms with van der Waals surface area (Å²) < 4.78 is 5.73. The molecule has 5 heteroatoms. The lowest BCUT2D eigenvalue weighted by atomic mass is 10.0. The lowest BCUT2D eigenvalue weighted by molar-refractivity contribution is 0.0344. The number of aliphatic hydroxyl groups is 1. The highest BCUT2D eigenvalue weighted by molar-refractivity contribution is 7.99. The summed E-state index contributed by atoms with van der Waals surface area (Å²) >= 11 is 1.62. The summed E-state index contributed by atoms with van der Waals surface area (Å²) in [4.78, 5) is 13.5. The third kappa shape index (κ3) is 3.89. The number of nitrogens with one attached hydrogen (secondary N) is 1. The molecule has 1 atom stereocenters. The molecule has 0 saturated heterocycles. The summed E-state index contributed by atoms with van der Waals surface area (Å²) in [6.45, 7) is 3.75. The van der Waals surface area contributed by atoms with Gasteiger partial charge in [-0.3, -0.25) is 4.79 Å². The van der Waals surface area contributed by atoms with Crippen LogP contribution in [-0.2, 0) is 5.60 Å². The summed E-state index contributed by atoms with van der Waals surface area (Å²) in [5, 5.41) is 14.5. The lowest BCUT2D eigenvalue weighted by Gasteiger charge is -2.21. The van der Waals surface area contributed by atoms with E-state index >= 15 is 0 Å². The first-order chi connectivity index (χ1) is 12.0. The second-order valence-corrected chi connectivity index (χ2v) is 7.34. The van der Waals surface area contributed by atoms with Crippen LogP contribution in [0.4, 0.5) is 0 Å². The summed E-state index contributed by atoms with van der Waals surface area (Å²) in [6.07, 6.45) is 0. The van der Waals surface area contributed by atoms with E-state index in [9.17, 15) is 9.90 Å². The fourth-order valence-electron chi connectivity index (χ4n) is 2.62. The smallest absolute Gasteiger partial charge is 0.252 e. The van der Waals surface area contributed by atoms with Crippen LogP contribution in [0.25, 0.3) is 11.0 Å². The van der Waals surface area contributed by atoms with Crippen LogP contribution < -0.4 is 5.32 Å². The molecule has 1 heterocycles. The second kappa shape index (κ2) is 7.33. The van der Waals surface area contributed by atoms with E-state index in [1.807, 2.05) is 55.5 Å². The molecule has 1 unspecified atom stereocenters. The molecule has 2 N–H and O–H groups in total. The Hall–Kier alpha value is -2.24. The predicted molar refractivity (Wildman–Crippen MR) is 101 cm³/mol. The summed E-state index contributed by atoms with van der Waals surface area (Å²) in [6, 6.07) is 16.9. The van der Waals surface area contributed by atoms with Gasteiger partial charge in [-0.1, -0.05) is 37.3 Å². The van der Waals surface area contributed by atoms with E-state index in [0.29, 0.717) is 16.9 Å². The van der Waals surface area contributed by atoms with E-state index in [2.05, 4.69) is 5.32 Å². The number of hydrogen-bond acceptors (Lipinski definition) is 4. The highest BCUT2D eigenvalue weighted by Gasteiger charge is 2.28.